The Kier molecular flexibility index (Phi) is 12.3. The number of hydrogen-bond acceptors (Lipinski definition) is 8. The quantitative estimate of drug-likeness (QED) is 0.320. The van der Waals surface area contributed by atoms with Crippen LogP contribution in [0.5, 0.6) is 5.75 Å². The van der Waals surface area contributed by atoms with E-state index < -0.39 is 11.9 Å². The van der Waals surface area contributed by atoms with E-state index in [4.69, 9.17) is 24.7 Å². The molecule has 0 unspecified atom stereocenters. The minimum Gasteiger partial charge on any atom is -0.497 e. The number of rotatable bonds is 10. The average Bonchev–Trinajstić information content (AvgIpc) is 2.96. The first-order chi connectivity index (χ1) is 18.9. The van der Waals surface area contributed by atoms with Crippen molar-refractivity contribution in [2.45, 2.75) is 37.7 Å². The first kappa shape index (κ1) is 30.2. The first-order valence-electron chi connectivity index (χ1n) is 12.9. The molecule has 9 nitrogen and oxygen atoms in total. The molecule has 2 aromatic carbocycles. The lowest BCUT2D eigenvalue weighted by molar-refractivity contribution is -0.134. The molecular weight excluding hydrogens is 518 g/mol. The van der Waals surface area contributed by atoms with Crippen LogP contribution in [0, 0.1) is 0 Å². The van der Waals surface area contributed by atoms with Gasteiger partial charge in [0.25, 0.3) is 0 Å². The van der Waals surface area contributed by atoms with Crippen LogP contribution in [0.15, 0.2) is 65.7 Å². The van der Waals surface area contributed by atoms with E-state index in [0.717, 1.165) is 49.9 Å². The Hall–Kier alpha value is -3.34. The Balaban J connectivity index is 0.000000459. The molecule has 0 spiro atoms. The van der Waals surface area contributed by atoms with Crippen LogP contribution in [0.2, 0.25) is 0 Å². The summed E-state index contributed by atoms with van der Waals surface area (Å²) in [7, 11) is 3.90. The van der Waals surface area contributed by atoms with E-state index in [0.29, 0.717) is 24.8 Å². The van der Waals surface area contributed by atoms with Gasteiger partial charge in [-0.2, -0.15) is 0 Å². The molecule has 4 rings (SSSR count). The van der Waals surface area contributed by atoms with E-state index in [1.165, 1.54) is 29.1 Å². The number of methoxy groups -OCH3 is 1. The molecule has 0 bridgehead atoms. The fourth-order valence-corrected chi connectivity index (χ4v) is 5.38. The van der Waals surface area contributed by atoms with Gasteiger partial charge in [0.2, 0.25) is 0 Å². The number of carbonyl (C=O) groups is 2. The van der Waals surface area contributed by atoms with Crippen LogP contribution >= 0.6 is 11.8 Å². The van der Waals surface area contributed by atoms with Gasteiger partial charge in [-0.25, -0.2) is 14.6 Å². The maximum absolute atomic E-state index is 9.55. The predicted molar refractivity (Wildman–Crippen MR) is 154 cm³/mol. The standard InChI is InChI=1S/C25H33N3O2S.C4H4O4/c1-27(25-26-24-7-4-3-6-21(24)19-31-25)22-12-15-28(16-13-22)14-5-17-30-18-20-8-10-23(29-2)11-9-20;5-3(6)1-2-4(7)8/h3-4,6-11,22H,5,12-19H2,1-2H3;1-2H,(H,5,6)(H,7,8). The SMILES string of the molecule is COc1ccc(COCCCN2CCC(N(C)C3=Nc4ccccc4CS3)CC2)cc1.O=C(O)C=CC(=O)O. The Morgan fingerprint density at radius 3 is 2.38 bits per heavy atom. The normalized spacial score (nSPS) is 15.6. The number of hydrogen-bond donors (Lipinski definition) is 2. The molecule has 1 saturated heterocycles. The third kappa shape index (κ3) is 10.4. The van der Waals surface area contributed by atoms with Gasteiger partial charge in [-0.15, -0.1) is 0 Å². The maximum atomic E-state index is 9.55. The van der Waals surface area contributed by atoms with Crippen molar-refractivity contribution < 1.29 is 29.3 Å². The van der Waals surface area contributed by atoms with Gasteiger partial charge < -0.3 is 29.5 Å². The van der Waals surface area contributed by atoms with Crippen LogP contribution in [0.3, 0.4) is 0 Å². The lowest BCUT2D eigenvalue weighted by Crippen LogP contribution is -2.45. The number of benzene rings is 2. The van der Waals surface area contributed by atoms with Crippen molar-refractivity contribution in [3.05, 3.63) is 71.8 Å². The fourth-order valence-electron chi connectivity index (χ4n) is 4.33. The summed E-state index contributed by atoms with van der Waals surface area (Å²) in [6.07, 6.45) is 4.59. The van der Waals surface area contributed by atoms with Crippen LogP contribution in [-0.4, -0.2) is 83.6 Å². The molecule has 2 N–H and O–H groups in total. The molecule has 0 amide bonds. The topological polar surface area (TPSA) is 112 Å². The molecule has 0 radical (unpaired) electrons. The Morgan fingerprint density at radius 2 is 1.74 bits per heavy atom. The molecule has 10 heteroatoms. The maximum Gasteiger partial charge on any atom is 0.328 e. The molecule has 2 aliphatic heterocycles. The van der Waals surface area contributed by atoms with Gasteiger partial charge in [0.05, 0.1) is 19.4 Å². The van der Waals surface area contributed by atoms with E-state index in [-0.39, 0.29) is 0 Å². The van der Waals surface area contributed by atoms with Crippen LogP contribution in [-0.2, 0) is 26.7 Å². The number of piperidine rings is 1. The Bertz CT molecular complexity index is 1110. The summed E-state index contributed by atoms with van der Waals surface area (Å²) >= 11 is 1.87. The van der Waals surface area contributed by atoms with Crippen molar-refractivity contribution >= 4 is 34.6 Å². The summed E-state index contributed by atoms with van der Waals surface area (Å²) in [6.45, 7) is 4.89. The largest absolute Gasteiger partial charge is 0.497 e. The van der Waals surface area contributed by atoms with Crippen molar-refractivity contribution in [1.29, 1.82) is 0 Å². The van der Waals surface area contributed by atoms with Crippen LogP contribution < -0.4 is 4.74 Å². The van der Waals surface area contributed by atoms with Gasteiger partial charge in [-0.1, -0.05) is 42.1 Å². The third-order valence-electron chi connectivity index (χ3n) is 6.53. The number of ether oxygens (including phenoxy) is 2. The second-order valence-corrected chi connectivity index (χ2v) is 10.2. The second-order valence-electron chi connectivity index (χ2n) is 9.26. The smallest absolute Gasteiger partial charge is 0.328 e. The van der Waals surface area contributed by atoms with Crippen molar-refractivity contribution in [3.8, 4) is 5.75 Å². The summed E-state index contributed by atoms with van der Waals surface area (Å²) in [4.78, 5) is 29.0. The summed E-state index contributed by atoms with van der Waals surface area (Å²) in [5.41, 5.74) is 3.67. The highest BCUT2D eigenvalue weighted by molar-refractivity contribution is 8.13. The number of thioether (sulfide) groups is 1. The number of carboxylic acid groups (broad SMARTS) is 2. The highest BCUT2D eigenvalue weighted by Gasteiger charge is 2.26. The molecule has 0 saturated carbocycles. The number of nitrogens with zero attached hydrogens (tertiary/aromatic N) is 3. The average molecular weight is 556 g/mol. The number of likely N-dealkylation sites (tertiary alicyclic amines) is 1. The zero-order chi connectivity index (χ0) is 28.0. The van der Waals surface area contributed by atoms with Crippen molar-refractivity contribution in [2.24, 2.45) is 4.99 Å². The second kappa shape index (κ2) is 15.9. The summed E-state index contributed by atoms with van der Waals surface area (Å²) in [6, 6.07) is 17.2. The van der Waals surface area contributed by atoms with Crippen molar-refractivity contribution in [3.63, 3.8) is 0 Å². The molecule has 2 aliphatic rings. The molecule has 0 atom stereocenters. The van der Waals surface area contributed by atoms with Gasteiger partial charge in [0, 0.05) is 57.2 Å². The van der Waals surface area contributed by atoms with Crippen LogP contribution in [0.1, 0.15) is 30.4 Å². The van der Waals surface area contributed by atoms with Gasteiger partial charge >= 0.3 is 11.9 Å². The van der Waals surface area contributed by atoms with E-state index in [1.54, 1.807) is 7.11 Å². The van der Waals surface area contributed by atoms with Gasteiger partial charge in [-0.05, 0) is 48.6 Å². The van der Waals surface area contributed by atoms with Crippen LogP contribution in [0.4, 0.5) is 5.69 Å². The molecule has 0 aromatic heterocycles. The molecule has 2 heterocycles. The molecule has 0 aliphatic carbocycles. The number of aliphatic imine (C=N–C) groups is 1. The number of carboxylic acids is 2. The number of aliphatic carboxylic acids is 2. The van der Waals surface area contributed by atoms with Gasteiger partial charge in [0.1, 0.15) is 5.75 Å². The molecule has 210 valence electrons. The Morgan fingerprint density at radius 1 is 1.08 bits per heavy atom. The Labute approximate surface area is 234 Å². The zero-order valence-corrected chi connectivity index (χ0v) is 23.3. The van der Waals surface area contributed by atoms with E-state index in [9.17, 15) is 9.59 Å². The predicted octanol–water partition coefficient (Wildman–Crippen LogP) is 4.64. The summed E-state index contributed by atoms with van der Waals surface area (Å²) in [5, 5.41) is 16.8. The van der Waals surface area contributed by atoms with Crippen molar-refractivity contribution in [2.75, 3.05) is 40.4 Å². The molecular formula is C29H37N3O6S. The van der Waals surface area contributed by atoms with Gasteiger partial charge in [0.15, 0.2) is 5.17 Å². The summed E-state index contributed by atoms with van der Waals surface area (Å²) in [5.74, 6) is -0.606. The minimum absolute atomic E-state index is 0.558. The monoisotopic (exact) mass is 555 g/mol. The molecule has 2 aromatic rings. The lowest BCUT2D eigenvalue weighted by Gasteiger charge is -2.38. The summed E-state index contributed by atoms with van der Waals surface area (Å²) < 4.78 is 11.1. The highest BCUT2D eigenvalue weighted by Crippen LogP contribution is 2.32. The van der Waals surface area contributed by atoms with Crippen LogP contribution in [0.25, 0.3) is 0 Å². The minimum atomic E-state index is -1.26. The molecule has 39 heavy (non-hydrogen) atoms. The highest BCUT2D eigenvalue weighted by atomic mass is 32.2. The zero-order valence-electron chi connectivity index (χ0n) is 22.5. The lowest BCUT2D eigenvalue weighted by atomic mass is 10.0. The van der Waals surface area contributed by atoms with Crippen molar-refractivity contribution in [1.82, 2.24) is 9.80 Å². The number of para-hydroxylation sites is 1. The molecule has 1 fully saturated rings. The van der Waals surface area contributed by atoms with Gasteiger partial charge in [-0.3, -0.25) is 0 Å². The van der Waals surface area contributed by atoms with E-state index in [1.807, 2.05) is 23.9 Å². The van der Waals surface area contributed by atoms with E-state index >= 15 is 0 Å². The third-order valence-corrected chi connectivity index (χ3v) is 7.62. The first-order valence-corrected chi connectivity index (χ1v) is 13.9. The number of amidine groups is 1. The fraction of sp³-hybridized carbons (Fsp3) is 0.414. The van der Waals surface area contributed by atoms with E-state index in [2.05, 4.69) is 53.2 Å². The number of fused-ring (bicyclic) bond motifs is 1.